The molecule has 0 saturated carbocycles. The van der Waals surface area contributed by atoms with Crippen LogP contribution in [0.5, 0.6) is 0 Å². The van der Waals surface area contributed by atoms with Crippen LogP contribution >= 0.6 is 11.6 Å². The van der Waals surface area contributed by atoms with Gasteiger partial charge >= 0.3 is 5.97 Å². The predicted octanol–water partition coefficient (Wildman–Crippen LogP) is 3.69. The summed E-state index contributed by atoms with van der Waals surface area (Å²) in [7, 11) is 1.35. The van der Waals surface area contributed by atoms with Crippen LogP contribution in [0.3, 0.4) is 0 Å². The number of carbonyl (C=O) groups excluding carboxylic acids is 1. The fourth-order valence-corrected chi connectivity index (χ4v) is 2.04. The molecule has 1 N–H and O–H groups in total. The largest absolute Gasteiger partial charge is 0.465 e. The van der Waals surface area contributed by atoms with Gasteiger partial charge < -0.3 is 10.1 Å². The van der Waals surface area contributed by atoms with Crippen LogP contribution in [-0.2, 0) is 4.74 Å². The SMILES string of the molecule is COC(=O)c1ccc(Cl)cc1NC(C)c1ccccn1. The Hall–Kier alpha value is -2.07. The molecular weight excluding hydrogens is 276 g/mol. The van der Waals surface area contributed by atoms with Gasteiger partial charge in [0.1, 0.15) is 0 Å². The molecule has 4 nitrogen and oxygen atoms in total. The standard InChI is InChI=1S/C15H15ClN2O2/c1-10(13-5-3-4-8-17-13)18-14-9-11(16)6-7-12(14)15(19)20-2/h3-10,18H,1-2H3. The van der Waals surface area contributed by atoms with Crippen molar-refractivity contribution in [3.05, 3.63) is 58.9 Å². The summed E-state index contributed by atoms with van der Waals surface area (Å²) >= 11 is 5.99. The second kappa shape index (κ2) is 6.39. The Bertz CT molecular complexity index is 602. The molecule has 2 rings (SSSR count). The van der Waals surface area contributed by atoms with E-state index in [1.165, 1.54) is 7.11 Å². The first-order valence-electron chi connectivity index (χ1n) is 6.17. The van der Waals surface area contributed by atoms with E-state index in [0.29, 0.717) is 16.3 Å². The lowest BCUT2D eigenvalue weighted by molar-refractivity contribution is 0.0602. The Balaban J connectivity index is 2.28. The van der Waals surface area contributed by atoms with E-state index in [9.17, 15) is 4.79 Å². The van der Waals surface area contributed by atoms with Gasteiger partial charge in [0.15, 0.2) is 0 Å². The zero-order valence-electron chi connectivity index (χ0n) is 11.3. The average molecular weight is 291 g/mol. The maximum Gasteiger partial charge on any atom is 0.339 e. The number of anilines is 1. The van der Waals surface area contributed by atoms with E-state index in [0.717, 1.165) is 5.69 Å². The van der Waals surface area contributed by atoms with E-state index < -0.39 is 5.97 Å². The molecule has 1 heterocycles. The number of methoxy groups -OCH3 is 1. The summed E-state index contributed by atoms with van der Waals surface area (Å²) in [6.45, 7) is 1.96. The lowest BCUT2D eigenvalue weighted by Crippen LogP contribution is -2.12. The number of hydrogen-bond acceptors (Lipinski definition) is 4. The molecule has 0 aliphatic carbocycles. The van der Waals surface area contributed by atoms with Crippen molar-refractivity contribution in [1.82, 2.24) is 4.98 Å². The molecule has 0 saturated heterocycles. The minimum atomic E-state index is -0.405. The Morgan fingerprint density at radius 2 is 2.15 bits per heavy atom. The quantitative estimate of drug-likeness (QED) is 0.873. The van der Waals surface area contributed by atoms with Gasteiger partial charge in [0, 0.05) is 11.2 Å². The molecule has 0 aliphatic heterocycles. The molecule has 2 aromatic rings. The fourth-order valence-electron chi connectivity index (χ4n) is 1.86. The van der Waals surface area contributed by atoms with Crippen LogP contribution in [0.15, 0.2) is 42.6 Å². The molecule has 0 amide bonds. The van der Waals surface area contributed by atoms with E-state index in [-0.39, 0.29) is 6.04 Å². The van der Waals surface area contributed by atoms with Crippen LogP contribution in [0.2, 0.25) is 5.02 Å². The van der Waals surface area contributed by atoms with Crippen molar-refractivity contribution in [3.8, 4) is 0 Å². The van der Waals surface area contributed by atoms with Crippen LogP contribution in [0, 0.1) is 0 Å². The summed E-state index contributed by atoms with van der Waals surface area (Å²) in [4.78, 5) is 16.0. The minimum Gasteiger partial charge on any atom is -0.465 e. The summed E-state index contributed by atoms with van der Waals surface area (Å²) in [6, 6.07) is 10.6. The maximum atomic E-state index is 11.7. The Kier molecular flexibility index (Phi) is 4.58. The molecule has 0 fully saturated rings. The molecule has 104 valence electrons. The van der Waals surface area contributed by atoms with Crippen molar-refractivity contribution in [1.29, 1.82) is 0 Å². The molecule has 0 spiro atoms. The van der Waals surface area contributed by atoms with Crippen molar-refractivity contribution in [2.45, 2.75) is 13.0 Å². The van der Waals surface area contributed by atoms with Gasteiger partial charge in [-0.3, -0.25) is 4.98 Å². The maximum absolute atomic E-state index is 11.7. The first-order valence-corrected chi connectivity index (χ1v) is 6.55. The highest BCUT2D eigenvalue weighted by molar-refractivity contribution is 6.31. The Labute approximate surface area is 122 Å². The van der Waals surface area contributed by atoms with Crippen molar-refractivity contribution in [2.24, 2.45) is 0 Å². The van der Waals surface area contributed by atoms with Crippen LogP contribution in [0.4, 0.5) is 5.69 Å². The van der Waals surface area contributed by atoms with Crippen LogP contribution < -0.4 is 5.32 Å². The van der Waals surface area contributed by atoms with Crippen LogP contribution in [0.25, 0.3) is 0 Å². The second-order valence-corrected chi connectivity index (χ2v) is 4.74. The van der Waals surface area contributed by atoms with Crippen molar-refractivity contribution in [2.75, 3.05) is 12.4 Å². The van der Waals surface area contributed by atoms with Gasteiger partial charge in [0.25, 0.3) is 0 Å². The fraction of sp³-hybridized carbons (Fsp3) is 0.200. The van der Waals surface area contributed by atoms with Crippen molar-refractivity contribution in [3.63, 3.8) is 0 Å². The van der Waals surface area contributed by atoms with Gasteiger partial charge in [-0.15, -0.1) is 0 Å². The normalized spacial score (nSPS) is 11.8. The number of benzene rings is 1. The van der Waals surface area contributed by atoms with E-state index in [2.05, 4.69) is 10.3 Å². The number of hydrogen-bond donors (Lipinski definition) is 1. The molecule has 1 aromatic heterocycles. The summed E-state index contributed by atoms with van der Waals surface area (Å²) in [6.07, 6.45) is 1.73. The van der Waals surface area contributed by atoms with Crippen LogP contribution in [0.1, 0.15) is 29.0 Å². The number of carbonyl (C=O) groups is 1. The molecule has 20 heavy (non-hydrogen) atoms. The number of halogens is 1. The van der Waals surface area contributed by atoms with Gasteiger partial charge in [-0.1, -0.05) is 17.7 Å². The molecule has 1 aromatic carbocycles. The number of ether oxygens (including phenoxy) is 1. The smallest absolute Gasteiger partial charge is 0.339 e. The van der Waals surface area contributed by atoms with Crippen molar-refractivity contribution >= 4 is 23.3 Å². The lowest BCUT2D eigenvalue weighted by Gasteiger charge is -2.17. The molecular formula is C15H15ClN2O2. The zero-order valence-corrected chi connectivity index (χ0v) is 12.0. The third-order valence-corrected chi connectivity index (χ3v) is 3.13. The first-order chi connectivity index (χ1) is 9.61. The Morgan fingerprint density at radius 3 is 2.80 bits per heavy atom. The van der Waals surface area contributed by atoms with Gasteiger partial charge in [-0.05, 0) is 37.3 Å². The van der Waals surface area contributed by atoms with E-state index in [1.54, 1.807) is 24.4 Å². The van der Waals surface area contributed by atoms with E-state index in [4.69, 9.17) is 16.3 Å². The van der Waals surface area contributed by atoms with Gasteiger partial charge in [-0.2, -0.15) is 0 Å². The summed E-state index contributed by atoms with van der Waals surface area (Å²) < 4.78 is 4.77. The van der Waals surface area contributed by atoms with Gasteiger partial charge in [0.05, 0.1) is 30.1 Å². The average Bonchev–Trinajstić information content (AvgIpc) is 2.47. The third kappa shape index (κ3) is 3.27. The number of nitrogens with zero attached hydrogens (tertiary/aromatic N) is 1. The molecule has 0 aliphatic rings. The molecule has 0 bridgehead atoms. The number of pyridine rings is 1. The molecule has 1 atom stereocenters. The lowest BCUT2D eigenvalue weighted by atomic mass is 10.1. The monoisotopic (exact) mass is 290 g/mol. The summed E-state index contributed by atoms with van der Waals surface area (Å²) in [5, 5.41) is 3.78. The second-order valence-electron chi connectivity index (χ2n) is 4.30. The first kappa shape index (κ1) is 14.3. The number of esters is 1. The minimum absolute atomic E-state index is 0.0573. The summed E-state index contributed by atoms with van der Waals surface area (Å²) in [5.41, 5.74) is 1.95. The molecule has 0 radical (unpaired) electrons. The highest BCUT2D eigenvalue weighted by Gasteiger charge is 2.15. The number of aromatic nitrogens is 1. The molecule has 1 unspecified atom stereocenters. The summed E-state index contributed by atoms with van der Waals surface area (Å²) in [5.74, 6) is -0.405. The van der Waals surface area contributed by atoms with Crippen LogP contribution in [-0.4, -0.2) is 18.1 Å². The van der Waals surface area contributed by atoms with E-state index in [1.807, 2.05) is 25.1 Å². The Morgan fingerprint density at radius 1 is 1.35 bits per heavy atom. The molecule has 5 heteroatoms. The highest BCUT2D eigenvalue weighted by atomic mass is 35.5. The number of rotatable bonds is 4. The van der Waals surface area contributed by atoms with Crippen molar-refractivity contribution < 1.29 is 9.53 Å². The van der Waals surface area contributed by atoms with Gasteiger partial charge in [0.2, 0.25) is 0 Å². The number of nitrogens with one attached hydrogen (secondary N) is 1. The zero-order chi connectivity index (χ0) is 14.5. The topological polar surface area (TPSA) is 51.2 Å². The third-order valence-electron chi connectivity index (χ3n) is 2.89. The van der Waals surface area contributed by atoms with Gasteiger partial charge in [-0.25, -0.2) is 4.79 Å². The highest BCUT2D eigenvalue weighted by Crippen LogP contribution is 2.25. The predicted molar refractivity (Wildman–Crippen MR) is 79.1 cm³/mol. The van der Waals surface area contributed by atoms with E-state index >= 15 is 0 Å².